The van der Waals surface area contributed by atoms with Gasteiger partial charge in [-0.25, -0.2) is 0 Å². The van der Waals surface area contributed by atoms with Gasteiger partial charge in [0, 0.05) is 5.97 Å². The summed E-state index contributed by atoms with van der Waals surface area (Å²) >= 11 is 0. The molecule has 164 valence electrons. The van der Waals surface area contributed by atoms with E-state index < -0.39 is 5.97 Å². The van der Waals surface area contributed by atoms with Crippen LogP contribution in [0.25, 0.3) is 0 Å². The minimum Gasteiger partial charge on any atom is -0.550 e. The van der Waals surface area contributed by atoms with Crippen LogP contribution in [0.1, 0.15) is 150 Å². The third-order valence-corrected chi connectivity index (χ3v) is 5.65. The van der Waals surface area contributed by atoms with Gasteiger partial charge in [0.05, 0.1) is 0 Å². The molecule has 0 aliphatic heterocycles. The highest BCUT2D eigenvalue weighted by Gasteiger charge is 2.09. The standard InChI is InChI=1S/C24H48O2.CH4/c1-3-5-7-9-11-13-14-16-18-20-22-23(24(25)26)21-19-17-15-12-10-8-6-4-2;/h23H,3-22H2,1-2H3,(H,25,26);1H4/p-1. The van der Waals surface area contributed by atoms with Crippen molar-refractivity contribution in [2.45, 2.75) is 150 Å². The number of carboxylic acids is 1. The van der Waals surface area contributed by atoms with Crippen molar-refractivity contribution in [1.29, 1.82) is 0 Å². The van der Waals surface area contributed by atoms with E-state index in [9.17, 15) is 9.90 Å². The largest absolute Gasteiger partial charge is 0.550 e. The summed E-state index contributed by atoms with van der Waals surface area (Å²) in [6.45, 7) is 4.50. The molecule has 0 rings (SSSR count). The maximum absolute atomic E-state index is 11.3. The van der Waals surface area contributed by atoms with Crippen molar-refractivity contribution in [2.75, 3.05) is 0 Å². The Balaban J connectivity index is 0. The lowest BCUT2D eigenvalue weighted by atomic mass is 9.94. The molecule has 0 aromatic heterocycles. The van der Waals surface area contributed by atoms with Gasteiger partial charge in [0.25, 0.3) is 0 Å². The van der Waals surface area contributed by atoms with Crippen molar-refractivity contribution in [2.24, 2.45) is 5.92 Å². The number of unbranched alkanes of at least 4 members (excludes halogenated alkanes) is 16. The normalized spacial score (nSPS) is 11.9. The number of rotatable bonds is 21. The van der Waals surface area contributed by atoms with Crippen LogP contribution in [0.15, 0.2) is 0 Å². The Bertz CT molecular complexity index is 288. The Hall–Kier alpha value is -0.530. The van der Waals surface area contributed by atoms with Crippen LogP contribution >= 0.6 is 0 Å². The molecule has 2 heteroatoms. The summed E-state index contributed by atoms with van der Waals surface area (Å²) in [6, 6.07) is 0. The third-order valence-electron chi connectivity index (χ3n) is 5.65. The summed E-state index contributed by atoms with van der Waals surface area (Å²) in [5.41, 5.74) is 0. The van der Waals surface area contributed by atoms with Crippen LogP contribution in [0.3, 0.4) is 0 Å². The molecule has 0 aromatic carbocycles. The van der Waals surface area contributed by atoms with Gasteiger partial charge in [-0.05, 0) is 18.8 Å². The summed E-state index contributed by atoms with van der Waals surface area (Å²) in [6.07, 6.45) is 24.9. The summed E-state index contributed by atoms with van der Waals surface area (Å²) in [5.74, 6) is -1.02. The van der Waals surface area contributed by atoms with E-state index in [1.165, 1.54) is 103 Å². The molecule has 0 heterocycles. The van der Waals surface area contributed by atoms with Crippen LogP contribution in [-0.4, -0.2) is 5.97 Å². The maximum Gasteiger partial charge on any atom is 0.0445 e. The first-order valence-corrected chi connectivity index (χ1v) is 11.9. The van der Waals surface area contributed by atoms with E-state index >= 15 is 0 Å². The minimum atomic E-state index is -0.816. The van der Waals surface area contributed by atoms with E-state index in [1.54, 1.807) is 0 Å². The zero-order valence-electron chi connectivity index (χ0n) is 18.0. The number of carbonyl (C=O) groups is 1. The zero-order chi connectivity index (χ0) is 19.3. The van der Waals surface area contributed by atoms with Gasteiger partial charge in [0.1, 0.15) is 0 Å². The Kier molecular flexibility index (Phi) is 25.0. The molecule has 0 N–H and O–H groups in total. The summed E-state index contributed by atoms with van der Waals surface area (Å²) < 4.78 is 0. The average molecular weight is 384 g/mol. The van der Waals surface area contributed by atoms with Gasteiger partial charge in [0.2, 0.25) is 0 Å². The SMILES string of the molecule is C.CCCCCCCCCCCCC(CCCCCCCCCC)C(=O)[O-]. The molecule has 0 saturated heterocycles. The lowest BCUT2D eigenvalue weighted by Crippen LogP contribution is -2.31. The van der Waals surface area contributed by atoms with E-state index in [0.29, 0.717) is 0 Å². The first-order valence-electron chi connectivity index (χ1n) is 11.9. The maximum atomic E-state index is 11.3. The van der Waals surface area contributed by atoms with E-state index in [-0.39, 0.29) is 13.3 Å². The number of aliphatic carboxylic acids is 1. The van der Waals surface area contributed by atoms with Crippen molar-refractivity contribution in [3.8, 4) is 0 Å². The van der Waals surface area contributed by atoms with E-state index in [4.69, 9.17) is 0 Å². The second-order valence-corrected chi connectivity index (χ2v) is 8.25. The van der Waals surface area contributed by atoms with Crippen LogP contribution < -0.4 is 5.11 Å². The van der Waals surface area contributed by atoms with Gasteiger partial charge in [-0.3, -0.25) is 0 Å². The summed E-state index contributed by atoms with van der Waals surface area (Å²) in [4.78, 5) is 11.3. The lowest BCUT2D eigenvalue weighted by molar-refractivity contribution is -0.312. The Morgan fingerprint density at radius 1 is 0.556 bits per heavy atom. The molecule has 1 unspecified atom stereocenters. The van der Waals surface area contributed by atoms with Crippen LogP contribution in [-0.2, 0) is 4.79 Å². The molecule has 0 aromatic rings. The van der Waals surface area contributed by atoms with Crippen molar-refractivity contribution in [3.63, 3.8) is 0 Å². The quantitative estimate of drug-likeness (QED) is 0.189. The average Bonchev–Trinajstić information content (AvgIpc) is 2.63. The Morgan fingerprint density at radius 2 is 0.815 bits per heavy atom. The molecule has 0 radical (unpaired) electrons. The lowest BCUT2D eigenvalue weighted by Gasteiger charge is -2.17. The van der Waals surface area contributed by atoms with Gasteiger partial charge in [-0.2, -0.15) is 0 Å². The van der Waals surface area contributed by atoms with Gasteiger partial charge >= 0.3 is 0 Å². The predicted molar refractivity (Wildman–Crippen MR) is 119 cm³/mol. The van der Waals surface area contributed by atoms with Crippen LogP contribution in [0.4, 0.5) is 0 Å². The fraction of sp³-hybridized carbons (Fsp3) is 0.960. The molecular formula is C25H51O2-. The number of carboxylic acid groups (broad SMARTS) is 1. The van der Waals surface area contributed by atoms with Gasteiger partial charge in [-0.15, -0.1) is 0 Å². The predicted octanol–water partition coefficient (Wildman–Crippen LogP) is 7.83. The molecule has 0 aliphatic carbocycles. The van der Waals surface area contributed by atoms with Crippen molar-refractivity contribution < 1.29 is 9.90 Å². The molecule has 27 heavy (non-hydrogen) atoms. The Morgan fingerprint density at radius 3 is 1.07 bits per heavy atom. The highest BCUT2D eigenvalue weighted by atomic mass is 16.4. The molecule has 2 nitrogen and oxygen atoms in total. The molecule has 0 spiro atoms. The summed E-state index contributed by atoms with van der Waals surface area (Å²) in [5, 5.41) is 11.3. The first kappa shape index (κ1) is 28.7. The second-order valence-electron chi connectivity index (χ2n) is 8.25. The van der Waals surface area contributed by atoms with Crippen LogP contribution in [0.2, 0.25) is 0 Å². The molecule has 1 atom stereocenters. The van der Waals surface area contributed by atoms with Crippen molar-refractivity contribution >= 4 is 5.97 Å². The fourth-order valence-electron chi connectivity index (χ4n) is 3.78. The van der Waals surface area contributed by atoms with E-state index in [2.05, 4.69) is 13.8 Å². The second kappa shape index (κ2) is 23.5. The number of hydrogen-bond acceptors (Lipinski definition) is 2. The van der Waals surface area contributed by atoms with Gasteiger partial charge in [-0.1, -0.05) is 137 Å². The molecule has 0 fully saturated rings. The van der Waals surface area contributed by atoms with Crippen LogP contribution in [0, 0.1) is 5.92 Å². The Labute approximate surface area is 171 Å². The zero-order valence-corrected chi connectivity index (χ0v) is 18.0. The third kappa shape index (κ3) is 21.6. The molecular weight excluding hydrogens is 332 g/mol. The topological polar surface area (TPSA) is 40.1 Å². The van der Waals surface area contributed by atoms with Crippen LogP contribution in [0.5, 0.6) is 0 Å². The molecule has 0 amide bonds. The number of carbonyl (C=O) groups excluding carboxylic acids is 1. The molecule has 0 aliphatic rings. The summed E-state index contributed by atoms with van der Waals surface area (Å²) in [7, 11) is 0. The smallest absolute Gasteiger partial charge is 0.0445 e. The van der Waals surface area contributed by atoms with Gasteiger partial charge < -0.3 is 9.90 Å². The number of hydrogen-bond donors (Lipinski definition) is 0. The minimum absolute atomic E-state index is 0. The van der Waals surface area contributed by atoms with Crippen molar-refractivity contribution in [1.82, 2.24) is 0 Å². The fourth-order valence-corrected chi connectivity index (χ4v) is 3.78. The van der Waals surface area contributed by atoms with Crippen molar-refractivity contribution in [3.05, 3.63) is 0 Å². The first-order chi connectivity index (χ1) is 12.7. The molecule has 0 bridgehead atoms. The van der Waals surface area contributed by atoms with Gasteiger partial charge in [0.15, 0.2) is 0 Å². The monoisotopic (exact) mass is 383 g/mol. The van der Waals surface area contributed by atoms with E-state index in [1.807, 2.05) is 0 Å². The highest BCUT2D eigenvalue weighted by molar-refractivity contribution is 5.67. The highest BCUT2D eigenvalue weighted by Crippen LogP contribution is 2.19. The molecule has 0 saturated carbocycles. The van der Waals surface area contributed by atoms with E-state index in [0.717, 1.165) is 25.7 Å².